The fraction of sp³-hybridized carbons (Fsp3) is 0.316. The van der Waals surface area contributed by atoms with Crippen LogP contribution in [-0.2, 0) is 9.47 Å². The Balaban J connectivity index is 2.26. The van der Waals surface area contributed by atoms with E-state index in [9.17, 15) is 14.4 Å². The standard InChI is InChI=1S/C19H22N2O5/c1-11-5-6-14(9-12(11)2)21-18(23)16-10-15(13(3)20-17(16)22)19(24)26-8-7-25-4/h5-6,9-10H,7-8H2,1-4H3,(H,20,22)(H,21,23). The predicted molar refractivity (Wildman–Crippen MR) is 97.8 cm³/mol. The van der Waals surface area contributed by atoms with Crippen molar-refractivity contribution < 1.29 is 19.1 Å². The van der Waals surface area contributed by atoms with Gasteiger partial charge in [-0.1, -0.05) is 6.07 Å². The van der Waals surface area contributed by atoms with Crippen LogP contribution in [0.4, 0.5) is 5.69 Å². The Hall–Kier alpha value is -2.93. The van der Waals surface area contributed by atoms with Crippen molar-refractivity contribution in [3.63, 3.8) is 0 Å². The van der Waals surface area contributed by atoms with Gasteiger partial charge in [-0.2, -0.15) is 0 Å². The number of esters is 1. The fourth-order valence-electron chi connectivity index (χ4n) is 2.32. The molecule has 7 heteroatoms. The molecule has 0 aliphatic heterocycles. The Bertz CT molecular complexity index is 886. The third kappa shape index (κ3) is 4.58. The number of aromatic nitrogens is 1. The molecule has 2 aromatic rings. The number of hydrogen-bond acceptors (Lipinski definition) is 5. The summed E-state index contributed by atoms with van der Waals surface area (Å²) in [6, 6.07) is 6.70. The van der Waals surface area contributed by atoms with E-state index in [0.717, 1.165) is 11.1 Å². The lowest BCUT2D eigenvalue weighted by atomic mass is 10.1. The van der Waals surface area contributed by atoms with Crippen LogP contribution >= 0.6 is 0 Å². The zero-order chi connectivity index (χ0) is 19.3. The first kappa shape index (κ1) is 19.4. The van der Waals surface area contributed by atoms with E-state index in [-0.39, 0.29) is 24.3 Å². The Kier molecular flexibility index (Phi) is 6.30. The van der Waals surface area contributed by atoms with E-state index in [0.29, 0.717) is 11.4 Å². The highest BCUT2D eigenvalue weighted by Gasteiger charge is 2.18. The molecule has 0 spiro atoms. The van der Waals surface area contributed by atoms with E-state index in [1.54, 1.807) is 13.0 Å². The van der Waals surface area contributed by atoms with Gasteiger partial charge in [0.05, 0.1) is 12.2 Å². The van der Waals surface area contributed by atoms with Gasteiger partial charge >= 0.3 is 5.97 Å². The summed E-state index contributed by atoms with van der Waals surface area (Å²) in [5.74, 6) is -1.23. The molecule has 1 aromatic heterocycles. The molecule has 2 rings (SSSR count). The van der Waals surface area contributed by atoms with Gasteiger partial charge < -0.3 is 19.8 Å². The lowest BCUT2D eigenvalue weighted by molar-refractivity contribution is 0.0386. The summed E-state index contributed by atoms with van der Waals surface area (Å²) in [6.45, 7) is 5.80. The largest absolute Gasteiger partial charge is 0.460 e. The number of anilines is 1. The molecule has 0 bridgehead atoms. The number of pyridine rings is 1. The summed E-state index contributed by atoms with van der Waals surface area (Å²) in [5.41, 5.74) is 2.42. The summed E-state index contributed by atoms with van der Waals surface area (Å²) < 4.78 is 9.88. The SMILES string of the molecule is COCCOC(=O)c1cc(C(=O)Nc2ccc(C)c(C)c2)c(=O)[nH]c1C. The van der Waals surface area contributed by atoms with Gasteiger partial charge in [0.2, 0.25) is 0 Å². The predicted octanol–water partition coefficient (Wildman–Crippen LogP) is 2.36. The molecule has 7 nitrogen and oxygen atoms in total. The molecule has 138 valence electrons. The van der Waals surface area contributed by atoms with Gasteiger partial charge in [-0.3, -0.25) is 9.59 Å². The monoisotopic (exact) mass is 358 g/mol. The Morgan fingerprint density at radius 1 is 1.04 bits per heavy atom. The van der Waals surface area contributed by atoms with E-state index < -0.39 is 17.4 Å². The molecule has 0 atom stereocenters. The van der Waals surface area contributed by atoms with Crippen molar-refractivity contribution in [1.29, 1.82) is 0 Å². The van der Waals surface area contributed by atoms with Gasteiger partial charge in [0.1, 0.15) is 12.2 Å². The second-order valence-corrected chi connectivity index (χ2v) is 5.93. The van der Waals surface area contributed by atoms with Gasteiger partial charge in [0, 0.05) is 18.5 Å². The lowest BCUT2D eigenvalue weighted by Crippen LogP contribution is -2.26. The molecule has 0 saturated carbocycles. The minimum Gasteiger partial charge on any atom is -0.460 e. The molecule has 2 N–H and O–H groups in total. The molecule has 0 aliphatic rings. The van der Waals surface area contributed by atoms with Crippen LogP contribution in [0, 0.1) is 20.8 Å². The van der Waals surface area contributed by atoms with Crippen LogP contribution in [0.1, 0.15) is 37.5 Å². The minimum atomic E-state index is -0.629. The number of aromatic amines is 1. The van der Waals surface area contributed by atoms with Crippen LogP contribution < -0.4 is 10.9 Å². The van der Waals surface area contributed by atoms with E-state index >= 15 is 0 Å². The maximum Gasteiger partial charge on any atom is 0.340 e. The maximum absolute atomic E-state index is 12.5. The molecule has 0 aliphatic carbocycles. The number of hydrogen-bond donors (Lipinski definition) is 2. The van der Waals surface area contributed by atoms with Crippen molar-refractivity contribution in [2.45, 2.75) is 20.8 Å². The number of nitrogens with one attached hydrogen (secondary N) is 2. The average molecular weight is 358 g/mol. The quantitative estimate of drug-likeness (QED) is 0.610. The first-order valence-electron chi connectivity index (χ1n) is 8.12. The fourth-order valence-corrected chi connectivity index (χ4v) is 2.32. The van der Waals surface area contributed by atoms with Gasteiger partial charge in [-0.05, 0) is 50.1 Å². The van der Waals surface area contributed by atoms with Crippen LogP contribution in [0.15, 0.2) is 29.1 Å². The number of benzene rings is 1. The second-order valence-electron chi connectivity index (χ2n) is 5.93. The molecular formula is C19H22N2O5. The normalized spacial score (nSPS) is 10.5. The zero-order valence-corrected chi connectivity index (χ0v) is 15.3. The summed E-state index contributed by atoms with van der Waals surface area (Å²) in [5, 5.41) is 2.67. The molecular weight excluding hydrogens is 336 g/mol. The number of carbonyl (C=O) groups excluding carboxylic acids is 2. The van der Waals surface area contributed by atoms with E-state index in [1.807, 2.05) is 26.0 Å². The molecule has 1 heterocycles. The molecule has 1 aromatic carbocycles. The number of amides is 1. The van der Waals surface area contributed by atoms with Gasteiger partial charge in [0.25, 0.3) is 11.5 Å². The third-order valence-corrected chi connectivity index (χ3v) is 3.99. The highest BCUT2D eigenvalue weighted by molar-refractivity contribution is 6.05. The number of H-pyrrole nitrogens is 1. The summed E-state index contributed by atoms with van der Waals surface area (Å²) in [7, 11) is 1.49. The zero-order valence-electron chi connectivity index (χ0n) is 15.3. The molecule has 26 heavy (non-hydrogen) atoms. The Labute approximate surface area is 151 Å². The van der Waals surface area contributed by atoms with Gasteiger partial charge in [-0.15, -0.1) is 0 Å². The van der Waals surface area contributed by atoms with Crippen molar-refractivity contribution in [2.24, 2.45) is 0 Å². The van der Waals surface area contributed by atoms with Crippen LogP contribution in [0.3, 0.4) is 0 Å². The Morgan fingerprint density at radius 2 is 1.77 bits per heavy atom. The van der Waals surface area contributed by atoms with Gasteiger partial charge in [-0.25, -0.2) is 4.79 Å². The van der Waals surface area contributed by atoms with Crippen LogP contribution in [0.5, 0.6) is 0 Å². The van der Waals surface area contributed by atoms with Crippen molar-refractivity contribution in [3.8, 4) is 0 Å². The highest BCUT2D eigenvalue weighted by atomic mass is 16.6. The number of ether oxygens (including phenoxy) is 2. The molecule has 0 radical (unpaired) electrons. The molecule has 1 amide bonds. The van der Waals surface area contributed by atoms with Crippen LogP contribution in [0.2, 0.25) is 0 Å². The van der Waals surface area contributed by atoms with E-state index in [4.69, 9.17) is 9.47 Å². The third-order valence-electron chi connectivity index (χ3n) is 3.99. The van der Waals surface area contributed by atoms with Crippen molar-refractivity contribution >= 4 is 17.6 Å². The summed E-state index contributed by atoms with van der Waals surface area (Å²) in [6.07, 6.45) is 0. The summed E-state index contributed by atoms with van der Waals surface area (Å²) >= 11 is 0. The molecule has 0 unspecified atom stereocenters. The average Bonchev–Trinajstić information content (AvgIpc) is 2.58. The van der Waals surface area contributed by atoms with Gasteiger partial charge in [0.15, 0.2) is 0 Å². The minimum absolute atomic E-state index is 0.0814. The van der Waals surface area contributed by atoms with Crippen LogP contribution in [-0.4, -0.2) is 37.2 Å². The van der Waals surface area contributed by atoms with Crippen LogP contribution in [0.25, 0.3) is 0 Å². The molecule has 0 saturated heterocycles. The van der Waals surface area contributed by atoms with Crippen molar-refractivity contribution in [2.75, 3.05) is 25.6 Å². The number of aryl methyl sites for hydroxylation is 3. The maximum atomic E-state index is 12.5. The molecule has 0 fully saturated rings. The Morgan fingerprint density at radius 3 is 2.42 bits per heavy atom. The smallest absolute Gasteiger partial charge is 0.340 e. The van der Waals surface area contributed by atoms with E-state index in [1.165, 1.54) is 13.2 Å². The number of rotatable bonds is 6. The van der Waals surface area contributed by atoms with Crippen molar-refractivity contribution in [3.05, 3.63) is 62.6 Å². The second kappa shape index (κ2) is 8.44. The lowest BCUT2D eigenvalue weighted by Gasteiger charge is -2.10. The van der Waals surface area contributed by atoms with Crippen molar-refractivity contribution in [1.82, 2.24) is 4.98 Å². The first-order valence-corrected chi connectivity index (χ1v) is 8.12. The first-order chi connectivity index (χ1) is 12.3. The number of methoxy groups -OCH3 is 1. The summed E-state index contributed by atoms with van der Waals surface area (Å²) in [4.78, 5) is 39.3. The topological polar surface area (TPSA) is 97.5 Å². The highest BCUT2D eigenvalue weighted by Crippen LogP contribution is 2.15. The number of carbonyl (C=O) groups is 2. The van der Waals surface area contributed by atoms with E-state index in [2.05, 4.69) is 10.3 Å².